The van der Waals surface area contributed by atoms with Crippen LogP contribution in [-0.2, 0) is 0 Å². The molecule has 1 aromatic heterocycles. The molecule has 2 aromatic rings. The highest BCUT2D eigenvalue weighted by Crippen LogP contribution is 2.36. The zero-order valence-electron chi connectivity index (χ0n) is 9.94. The molecule has 0 saturated carbocycles. The third-order valence-corrected chi connectivity index (χ3v) is 2.87. The SMILES string of the molecule is O=[N+]([O-])c1ccc(-n2nc(C(F)F)c([N+](=O)[O-])c2Cl)cc1. The Morgan fingerprint density at radius 2 is 1.71 bits per heavy atom. The minimum absolute atomic E-state index is 0.0839. The summed E-state index contributed by atoms with van der Waals surface area (Å²) in [7, 11) is 0. The van der Waals surface area contributed by atoms with E-state index in [1.165, 1.54) is 12.1 Å². The predicted octanol–water partition coefficient (Wildman–Crippen LogP) is 3.28. The van der Waals surface area contributed by atoms with E-state index in [2.05, 4.69) is 5.10 Å². The van der Waals surface area contributed by atoms with E-state index >= 15 is 0 Å². The fourth-order valence-electron chi connectivity index (χ4n) is 1.61. The molecule has 0 spiro atoms. The van der Waals surface area contributed by atoms with Crippen molar-refractivity contribution in [2.45, 2.75) is 6.43 Å². The van der Waals surface area contributed by atoms with Gasteiger partial charge in [0, 0.05) is 12.1 Å². The Hall–Kier alpha value is -2.62. The second-order valence-electron chi connectivity index (χ2n) is 3.77. The fraction of sp³-hybridized carbons (Fsp3) is 0.100. The minimum atomic E-state index is -3.18. The molecule has 0 unspecified atom stereocenters. The number of aromatic nitrogens is 2. The quantitative estimate of drug-likeness (QED) is 0.635. The van der Waals surface area contributed by atoms with Crippen LogP contribution in [0.1, 0.15) is 12.1 Å². The Labute approximate surface area is 119 Å². The molecule has 0 aliphatic carbocycles. The smallest absolute Gasteiger partial charge is 0.258 e. The van der Waals surface area contributed by atoms with Gasteiger partial charge in [0.15, 0.2) is 0 Å². The maximum absolute atomic E-state index is 12.7. The number of nitrogens with zero attached hydrogens (tertiary/aromatic N) is 4. The molecule has 1 aromatic carbocycles. The van der Waals surface area contributed by atoms with Crippen LogP contribution in [0.2, 0.25) is 5.15 Å². The number of nitro groups is 2. The number of rotatable bonds is 4. The molecule has 0 atom stereocenters. The summed E-state index contributed by atoms with van der Waals surface area (Å²) in [5.41, 5.74) is -2.21. The summed E-state index contributed by atoms with van der Waals surface area (Å²) in [6, 6.07) is 4.58. The van der Waals surface area contributed by atoms with Gasteiger partial charge in [0.2, 0.25) is 10.8 Å². The van der Waals surface area contributed by atoms with Crippen molar-refractivity contribution >= 4 is 23.0 Å². The van der Waals surface area contributed by atoms with Crippen molar-refractivity contribution in [3.05, 3.63) is 55.3 Å². The highest BCUT2D eigenvalue weighted by Gasteiger charge is 2.32. The fourth-order valence-corrected chi connectivity index (χ4v) is 1.91. The summed E-state index contributed by atoms with van der Waals surface area (Å²) >= 11 is 5.70. The normalized spacial score (nSPS) is 10.9. The summed E-state index contributed by atoms with van der Waals surface area (Å²) in [4.78, 5) is 19.6. The molecule has 1 heterocycles. The lowest BCUT2D eigenvalue weighted by atomic mass is 10.3. The predicted molar refractivity (Wildman–Crippen MR) is 66.8 cm³/mol. The number of hydrogen-bond acceptors (Lipinski definition) is 5. The van der Waals surface area contributed by atoms with Gasteiger partial charge in [-0.2, -0.15) is 5.10 Å². The standard InChI is InChI=1S/C10H5ClF2N4O4/c11-9-8(17(20)21)7(10(12)13)14-15(9)5-1-3-6(4-2-5)16(18)19/h1-4,10H. The molecular formula is C10H5ClF2N4O4. The van der Waals surface area contributed by atoms with E-state index in [4.69, 9.17) is 11.6 Å². The molecule has 0 aliphatic rings. The van der Waals surface area contributed by atoms with Gasteiger partial charge in [-0.05, 0) is 12.1 Å². The number of nitro benzene ring substituents is 1. The first-order chi connectivity index (χ1) is 9.82. The first-order valence-corrected chi connectivity index (χ1v) is 5.66. The summed E-state index contributed by atoms with van der Waals surface area (Å²) in [5, 5.41) is 24.1. The van der Waals surface area contributed by atoms with Crippen molar-refractivity contribution in [3.8, 4) is 5.69 Å². The molecule has 21 heavy (non-hydrogen) atoms. The summed E-state index contributed by atoms with van der Waals surface area (Å²) in [6.07, 6.45) is -3.18. The molecule has 0 fully saturated rings. The van der Waals surface area contributed by atoms with Crippen molar-refractivity contribution in [3.63, 3.8) is 0 Å². The van der Waals surface area contributed by atoms with E-state index in [9.17, 15) is 29.0 Å². The first-order valence-electron chi connectivity index (χ1n) is 5.28. The van der Waals surface area contributed by atoms with E-state index < -0.39 is 32.8 Å². The summed E-state index contributed by atoms with van der Waals surface area (Å²) < 4.78 is 26.2. The van der Waals surface area contributed by atoms with Crippen molar-refractivity contribution in [1.29, 1.82) is 0 Å². The van der Waals surface area contributed by atoms with Gasteiger partial charge in [0.1, 0.15) is 0 Å². The topological polar surface area (TPSA) is 104 Å². The van der Waals surface area contributed by atoms with Gasteiger partial charge in [0.05, 0.1) is 15.5 Å². The molecule has 110 valence electrons. The second kappa shape index (κ2) is 5.40. The number of benzene rings is 1. The van der Waals surface area contributed by atoms with Gasteiger partial charge >= 0.3 is 5.69 Å². The number of hydrogen-bond donors (Lipinski definition) is 0. The molecule has 8 nitrogen and oxygen atoms in total. The lowest BCUT2D eigenvalue weighted by molar-refractivity contribution is -0.386. The average Bonchev–Trinajstić information content (AvgIpc) is 2.76. The molecule has 2 rings (SSSR count). The Bertz CT molecular complexity index is 717. The summed E-state index contributed by atoms with van der Waals surface area (Å²) in [5.74, 6) is 0. The van der Waals surface area contributed by atoms with Gasteiger partial charge in [0.25, 0.3) is 12.1 Å². The van der Waals surface area contributed by atoms with Gasteiger partial charge in [-0.25, -0.2) is 13.5 Å². The Morgan fingerprint density at radius 3 is 2.10 bits per heavy atom. The van der Waals surface area contributed by atoms with Crippen LogP contribution >= 0.6 is 11.6 Å². The Morgan fingerprint density at radius 1 is 1.14 bits per heavy atom. The maximum atomic E-state index is 12.7. The highest BCUT2D eigenvalue weighted by molar-refractivity contribution is 6.32. The molecular weight excluding hydrogens is 314 g/mol. The van der Waals surface area contributed by atoms with E-state index in [-0.39, 0.29) is 11.4 Å². The van der Waals surface area contributed by atoms with Crippen molar-refractivity contribution < 1.29 is 18.6 Å². The largest absolute Gasteiger partial charge is 0.335 e. The van der Waals surface area contributed by atoms with Crippen LogP contribution in [0, 0.1) is 20.2 Å². The van der Waals surface area contributed by atoms with E-state index in [0.29, 0.717) is 0 Å². The maximum Gasteiger partial charge on any atom is 0.335 e. The van der Waals surface area contributed by atoms with Crippen LogP contribution < -0.4 is 0 Å². The van der Waals surface area contributed by atoms with Gasteiger partial charge in [-0.1, -0.05) is 11.6 Å². The minimum Gasteiger partial charge on any atom is -0.258 e. The highest BCUT2D eigenvalue weighted by atomic mass is 35.5. The Balaban J connectivity index is 2.56. The average molecular weight is 319 g/mol. The van der Waals surface area contributed by atoms with Gasteiger partial charge < -0.3 is 0 Å². The van der Waals surface area contributed by atoms with Crippen LogP contribution in [0.25, 0.3) is 5.69 Å². The van der Waals surface area contributed by atoms with Gasteiger partial charge in [-0.15, -0.1) is 0 Å². The molecule has 0 amide bonds. The summed E-state index contributed by atoms with van der Waals surface area (Å²) in [6.45, 7) is 0. The molecule has 0 N–H and O–H groups in total. The van der Waals surface area contributed by atoms with E-state index in [0.717, 1.165) is 16.8 Å². The number of non-ortho nitro benzene ring substituents is 1. The molecule has 0 radical (unpaired) electrons. The third-order valence-electron chi connectivity index (χ3n) is 2.53. The van der Waals surface area contributed by atoms with Crippen LogP contribution in [0.3, 0.4) is 0 Å². The number of alkyl halides is 2. The van der Waals surface area contributed by atoms with Crippen LogP contribution in [0.4, 0.5) is 20.2 Å². The zero-order valence-corrected chi connectivity index (χ0v) is 10.7. The van der Waals surface area contributed by atoms with Crippen molar-refractivity contribution in [1.82, 2.24) is 9.78 Å². The molecule has 11 heteroatoms. The second-order valence-corrected chi connectivity index (χ2v) is 4.13. The molecule has 0 saturated heterocycles. The monoisotopic (exact) mass is 318 g/mol. The Kier molecular flexibility index (Phi) is 3.80. The van der Waals surface area contributed by atoms with Crippen molar-refractivity contribution in [2.75, 3.05) is 0 Å². The van der Waals surface area contributed by atoms with Crippen LogP contribution in [0.15, 0.2) is 24.3 Å². The molecule has 0 aliphatic heterocycles. The molecule has 0 bridgehead atoms. The third kappa shape index (κ3) is 2.65. The lowest BCUT2D eigenvalue weighted by Crippen LogP contribution is -1.98. The van der Waals surface area contributed by atoms with Gasteiger partial charge in [-0.3, -0.25) is 20.2 Å². The van der Waals surface area contributed by atoms with Crippen molar-refractivity contribution in [2.24, 2.45) is 0 Å². The van der Waals surface area contributed by atoms with E-state index in [1.807, 2.05) is 0 Å². The van der Waals surface area contributed by atoms with Crippen LogP contribution in [-0.4, -0.2) is 19.6 Å². The lowest BCUT2D eigenvalue weighted by Gasteiger charge is -2.01. The number of halogens is 3. The zero-order chi connectivity index (χ0) is 15.7. The van der Waals surface area contributed by atoms with E-state index in [1.54, 1.807) is 0 Å². The van der Waals surface area contributed by atoms with Crippen LogP contribution in [0.5, 0.6) is 0 Å². The first kappa shape index (κ1) is 14.8.